The van der Waals surface area contributed by atoms with Crippen LogP contribution in [0.4, 0.5) is 0 Å². The van der Waals surface area contributed by atoms with Crippen molar-refractivity contribution in [2.75, 3.05) is 13.7 Å². The summed E-state index contributed by atoms with van der Waals surface area (Å²) in [5.74, 6) is -1.03. The number of carboxylic acid groups (broad SMARTS) is 1. The maximum Gasteiger partial charge on any atom is 0.354 e. The third-order valence-electron chi connectivity index (χ3n) is 2.68. The molecule has 0 saturated heterocycles. The number of carbonyl (C=O) groups is 1. The Bertz CT molecular complexity index is 404. The fourth-order valence-corrected chi connectivity index (χ4v) is 1.28. The molecule has 0 radical (unpaired) electrons. The molecule has 0 unspecified atom stereocenters. The Morgan fingerprint density at radius 3 is 2.78 bits per heavy atom. The molecule has 0 atom stereocenters. The second-order valence-electron chi connectivity index (χ2n) is 4.59. The SMILES string of the molecule is COC(C)(C)CCOCc1cccc(C(=O)O)n1. The van der Waals surface area contributed by atoms with Gasteiger partial charge in [0.1, 0.15) is 5.69 Å². The fourth-order valence-electron chi connectivity index (χ4n) is 1.28. The Hall–Kier alpha value is -1.46. The van der Waals surface area contributed by atoms with Gasteiger partial charge < -0.3 is 14.6 Å². The summed E-state index contributed by atoms with van der Waals surface area (Å²) in [4.78, 5) is 14.7. The van der Waals surface area contributed by atoms with Crippen LogP contribution in [0, 0.1) is 0 Å². The van der Waals surface area contributed by atoms with Crippen molar-refractivity contribution in [2.24, 2.45) is 0 Å². The number of nitrogens with zero attached hydrogens (tertiary/aromatic N) is 1. The molecule has 1 N–H and O–H groups in total. The van der Waals surface area contributed by atoms with Crippen LogP contribution < -0.4 is 0 Å². The largest absolute Gasteiger partial charge is 0.477 e. The van der Waals surface area contributed by atoms with Gasteiger partial charge in [-0.25, -0.2) is 9.78 Å². The van der Waals surface area contributed by atoms with Crippen LogP contribution >= 0.6 is 0 Å². The fraction of sp³-hybridized carbons (Fsp3) is 0.538. The number of ether oxygens (including phenoxy) is 2. The van der Waals surface area contributed by atoms with Crippen molar-refractivity contribution in [2.45, 2.75) is 32.5 Å². The molecule has 1 rings (SSSR count). The zero-order valence-electron chi connectivity index (χ0n) is 11.0. The van der Waals surface area contributed by atoms with E-state index in [4.69, 9.17) is 14.6 Å². The lowest BCUT2D eigenvalue weighted by Crippen LogP contribution is -2.24. The first-order valence-electron chi connectivity index (χ1n) is 5.77. The molecule has 1 aromatic heterocycles. The van der Waals surface area contributed by atoms with E-state index in [1.807, 2.05) is 13.8 Å². The minimum Gasteiger partial charge on any atom is -0.477 e. The van der Waals surface area contributed by atoms with E-state index in [0.717, 1.165) is 6.42 Å². The van der Waals surface area contributed by atoms with Crippen LogP contribution in [-0.4, -0.2) is 35.4 Å². The molecule has 5 heteroatoms. The summed E-state index contributed by atoms with van der Waals surface area (Å²) >= 11 is 0. The molecule has 1 aromatic rings. The van der Waals surface area contributed by atoms with E-state index in [0.29, 0.717) is 18.9 Å². The van der Waals surface area contributed by atoms with Crippen molar-refractivity contribution in [1.82, 2.24) is 4.98 Å². The maximum absolute atomic E-state index is 10.7. The van der Waals surface area contributed by atoms with Gasteiger partial charge in [0.25, 0.3) is 0 Å². The summed E-state index contributed by atoms with van der Waals surface area (Å²) in [6.07, 6.45) is 0.766. The number of aromatic carboxylic acids is 1. The third kappa shape index (κ3) is 4.81. The van der Waals surface area contributed by atoms with Crippen molar-refractivity contribution < 1.29 is 19.4 Å². The van der Waals surface area contributed by atoms with Crippen molar-refractivity contribution in [3.8, 4) is 0 Å². The van der Waals surface area contributed by atoms with Crippen LogP contribution in [0.25, 0.3) is 0 Å². The molecule has 1 heterocycles. The summed E-state index contributed by atoms with van der Waals surface area (Å²) in [5.41, 5.74) is 0.439. The molecule has 100 valence electrons. The van der Waals surface area contributed by atoms with Crippen LogP contribution in [-0.2, 0) is 16.1 Å². The lowest BCUT2D eigenvalue weighted by atomic mass is 10.1. The average Bonchev–Trinajstić information content (AvgIpc) is 2.35. The van der Waals surface area contributed by atoms with Gasteiger partial charge in [-0.3, -0.25) is 0 Å². The van der Waals surface area contributed by atoms with Crippen LogP contribution in [0.15, 0.2) is 18.2 Å². The monoisotopic (exact) mass is 253 g/mol. The van der Waals surface area contributed by atoms with E-state index in [1.54, 1.807) is 19.2 Å². The van der Waals surface area contributed by atoms with Crippen molar-refractivity contribution >= 4 is 5.97 Å². The van der Waals surface area contributed by atoms with Crippen molar-refractivity contribution in [1.29, 1.82) is 0 Å². The van der Waals surface area contributed by atoms with E-state index < -0.39 is 5.97 Å². The summed E-state index contributed by atoms with van der Waals surface area (Å²) in [6, 6.07) is 4.86. The van der Waals surface area contributed by atoms with Gasteiger partial charge in [0, 0.05) is 13.7 Å². The number of methoxy groups -OCH3 is 1. The summed E-state index contributed by atoms with van der Waals surface area (Å²) in [7, 11) is 1.66. The minimum atomic E-state index is -1.03. The van der Waals surface area contributed by atoms with Gasteiger partial charge in [-0.2, -0.15) is 0 Å². The molecule has 5 nitrogen and oxygen atoms in total. The van der Waals surface area contributed by atoms with Crippen molar-refractivity contribution in [3.63, 3.8) is 0 Å². The molecule has 0 aromatic carbocycles. The highest BCUT2D eigenvalue weighted by Crippen LogP contribution is 2.13. The van der Waals surface area contributed by atoms with Gasteiger partial charge in [-0.05, 0) is 32.4 Å². The number of carboxylic acids is 1. The van der Waals surface area contributed by atoms with Gasteiger partial charge in [-0.15, -0.1) is 0 Å². The van der Waals surface area contributed by atoms with Crippen LogP contribution in [0.5, 0.6) is 0 Å². The highest BCUT2D eigenvalue weighted by atomic mass is 16.5. The highest BCUT2D eigenvalue weighted by Gasteiger charge is 2.15. The van der Waals surface area contributed by atoms with Gasteiger partial charge in [0.15, 0.2) is 0 Å². The molecule has 0 aliphatic heterocycles. The molecule has 0 aliphatic rings. The second-order valence-corrected chi connectivity index (χ2v) is 4.59. The molecule has 0 amide bonds. The Morgan fingerprint density at radius 1 is 1.44 bits per heavy atom. The zero-order valence-corrected chi connectivity index (χ0v) is 11.0. The number of hydrogen-bond donors (Lipinski definition) is 1. The first-order valence-corrected chi connectivity index (χ1v) is 5.77. The predicted molar refractivity (Wildman–Crippen MR) is 66.6 cm³/mol. The Balaban J connectivity index is 2.40. The predicted octanol–water partition coefficient (Wildman–Crippen LogP) is 2.11. The first-order chi connectivity index (χ1) is 8.44. The molecule has 0 spiro atoms. The molecule has 18 heavy (non-hydrogen) atoms. The van der Waals surface area contributed by atoms with Gasteiger partial charge in [0.2, 0.25) is 0 Å². The molecule has 0 fully saturated rings. The first kappa shape index (κ1) is 14.6. The molecular weight excluding hydrogens is 234 g/mol. The quantitative estimate of drug-likeness (QED) is 0.754. The van der Waals surface area contributed by atoms with Gasteiger partial charge in [0.05, 0.1) is 17.9 Å². The Labute approximate surface area is 107 Å². The van der Waals surface area contributed by atoms with E-state index in [-0.39, 0.29) is 11.3 Å². The third-order valence-corrected chi connectivity index (χ3v) is 2.68. The topological polar surface area (TPSA) is 68.7 Å². The number of hydrogen-bond acceptors (Lipinski definition) is 4. The van der Waals surface area contributed by atoms with Crippen LogP contribution in [0.1, 0.15) is 36.5 Å². The smallest absolute Gasteiger partial charge is 0.354 e. The lowest BCUT2D eigenvalue weighted by Gasteiger charge is -2.22. The summed E-state index contributed by atoms with van der Waals surface area (Å²) in [6.45, 7) is 4.82. The number of pyridine rings is 1. The standard InChI is InChI=1S/C13H19NO4/c1-13(2,17-3)7-8-18-9-10-5-4-6-11(14-10)12(15)16/h4-6H,7-9H2,1-3H3,(H,15,16). The summed E-state index contributed by atoms with van der Waals surface area (Å²) < 4.78 is 10.7. The average molecular weight is 253 g/mol. The molecule has 0 saturated carbocycles. The zero-order chi connectivity index (χ0) is 13.6. The molecular formula is C13H19NO4. The molecule has 0 bridgehead atoms. The Morgan fingerprint density at radius 2 is 2.17 bits per heavy atom. The highest BCUT2D eigenvalue weighted by molar-refractivity contribution is 5.85. The molecule has 0 aliphatic carbocycles. The number of rotatable bonds is 7. The minimum absolute atomic E-state index is 0.0355. The van der Waals surface area contributed by atoms with Gasteiger partial charge >= 0.3 is 5.97 Å². The van der Waals surface area contributed by atoms with Crippen LogP contribution in [0.3, 0.4) is 0 Å². The van der Waals surface area contributed by atoms with Crippen LogP contribution in [0.2, 0.25) is 0 Å². The summed E-state index contributed by atoms with van der Waals surface area (Å²) in [5, 5.41) is 8.80. The Kier molecular flexibility index (Phi) is 5.25. The van der Waals surface area contributed by atoms with Crippen molar-refractivity contribution in [3.05, 3.63) is 29.6 Å². The second kappa shape index (κ2) is 6.47. The normalized spacial score (nSPS) is 11.5. The van der Waals surface area contributed by atoms with Gasteiger partial charge in [-0.1, -0.05) is 6.07 Å². The number of aromatic nitrogens is 1. The van der Waals surface area contributed by atoms with E-state index >= 15 is 0 Å². The lowest BCUT2D eigenvalue weighted by molar-refractivity contribution is -0.0128. The van der Waals surface area contributed by atoms with E-state index in [1.165, 1.54) is 6.07 Å². The van der Waals surface area contributed by atoms with E-state index in [9.17, 15) is 4.79 Å². The van der Waals surface area contributed by atoms with E-state index in [2.05, 4.69) is 4.98 Å². The maximum atomic E-state index is 10.7.